The number of rotatable bonds is 6. The Hall–Kier alpha value is -2.93. The van der Waals surface area contributed by atoms with Crippen molar-refractivity contribution in [1.82, 2.24) is 24.9 Å². The van der Waals surface area contributed by atoms with Crippen molar-refractivity contribution in [1.29, 1.82) is 0 Å². The van der Waals surface area contributed by atoms with Gasteiger partial charge in [0.1, 0.15) is 0 Å². The van der Waals surface area contributed by atoms with E-state index >= 15 is 0 Å². The molecule has 4 aromatic rings. The third-order valence-corrected chi connectivity index (χ3v) is 5.90. The summed E-state index contributed by atoms with van der Waals surface area (Å²) in [7, 11) is 0. The summed E-state index contributed by atoms with van der Waals surface area (Å²) in [4.78, 5) is 4.52. The predicted octanol–water partition coefficient (Wildman–Crippen LogP) is 5.10. The molecule has 0 saturated heterocycles. The van der Waals surface area contributed by atoms with Crippen molar-refractivity contribution in [3.63, 3.8) is 0 Å². The molecule has 1 saturated carbocycles. The van der Waals surface area contributed by atoms with Crippen LogP contribution in [0.15, 0.2) is 58.2 Å². The van der Waals surface area contributed by atoms with Gasteiger partial charge in [-0.2, -0.15) is 4.98 Å². The molecule has 0 amide bonds. The van der Waals surface area contributed by atoms with Crippen LogP contribution in [0.3, 0.4) is 0 Å². The van der Waals surface area contributed by atoms with Gasteiger partial charge in [-0.1, -0.05) is 64.4 Å². The summed E-state index contributed by atoms with van der Waals surface area (Å²) in [5.41, 5.74) is 4.50. The largest absolute Gasteiger partial charge is 0.339 e. The van der Waals surface area contributed by atoms with Gasteiger partial charge in [0.05, 0.1) is 5.75 Å². The quantitative estimate of drug-likeness (QED) is 0.417. The summed E-state index contributed by atoms with van der Waals surface area (Å²) < 4.78 is 7.47. The SMILES string of the molecule is Cc1ccc(-c2nnc(SCc3noc(C4CC4)n3)n2-c2ccc(C)cc2)cc1. The molecule has 0 N–H and O–H groups in total. The Morgan fingerprint density at radius 3 is 2.34 bits per heavy atom. The van der Waals surface area contributed by atoms with Crippen molar-refractivity contribution < 1.29 is 4.52 Å². The van der Waals surface area contributed by atoms with Crippen molar-refractivity contribution in [2.45, 2.75) is 43.5 Å². The first-order valence-corrected chi connectivity index (χ1v) is 10.7. The average Bonchev–Trinajstić information content (AvgIpc) is 3.32. The Balaban J connectivity index is 1.48. The van der Waals surface area contributed by atoms with E-state index in [2.05, 4.69) is 87.3 Å². The zero-order valence-corrected chi connectivity index (χ0v) is 17.2. The van der Waals surface area contributed by atoms with E-state index in [1.807, 2.05) is 0 Å². The third kappa shape index (κ3) is 3.82. The van der Waals surface area contributed by atoms with Crippen LogP contribution in [-0.4, -0.2) is 24.9 Å². The second kappa shape index (κ2) is 7.48. The van der Waals surface area contributed by atoms with E-state index in [-0.39, 0.29) is 0 Å². The molecular weight excluding hydrogens is 382 g/mol. The molecule has 0 aliphatic heterocycles. The van der Waals surface area contributed by atoms with E-state index < -0.39 is 0 Å². The average molecular weight is 404 g/mol. The van der Waals surface area contributed by atoms with E-state index in [1.54, 1.807) is 11.8 Å². The van der Waals surface area contributed by atoms with E-state index in [4.69, 9.17) is 4.52 Å². The topological polar surface area (TPSA) is 69.6 Å². The number of benzene rings is 2. The van der Waals surface area contributed by atoms with Gasteiger partial charge in [0.15, 0.2) is 16.8 Å². The van der Waals surface area contributed by atoms with Crippen molar-refractivity contribution in [3.8, 4) is 17.1 Å². The minimum Gasteiger partial charge on any atom is -0.339 e. The van der Waals surface area contributed by atoms with Gasteiger partial charge in [0.2, 0.25) is 5.89 Å². The minimum absolute atomic E-state index is 0.464. The van der Waals surface area contributed by atoms with Crippen molar-refractivity contribution in [2.75, 3.05) is 0 Å². The van der Waals surface area contributed by atoms with Crippen molar-refractivity contribution in [2.24, 2.45) is 0 Å². The van der Waals surface area contributed by atoms with Crippen LogP contribution < -0.4 is 0 Å². The van der Waals surface area contributed by atoms with Crippen molar-refractivity contribution >= 4 is 11.8 Å². The van der Waals surface area contributed by atoms with Gasteiger partial charge in [0.25, 0.3) is 0 Å². The Kier molecular flexibility index (Phi) is 4.67. The summed E-state index contributed by atoms with van der Waals surface area (Å²) in [5, 5.41) is 13.9. The molecule has 7 heteroatoms. The van der Waals surface area contributed by atoms with Gasteiger partial charge in [-0.05, 0) is 38.8 Å². The lowest BCUT2D eigenvalue weighted by molar-refractivity contribution is 0.375. The fourth-order valence-electron chi connectivity index (χ4n) is 3.13. The van der Waals surface area contributed by atoms with E-state index in [0.717, 1.165) is 41.0 Å². The maximum Gasteiger partial charge on any atom is 0.229 e. The highest BCUT2D eigenvalue weighted by molar-refractivity contribution is 7.98. The van der Waals surface area contributed by atoms with Crippen LogP contribution in [0.25, 0.3) is 17.1 Å². The predicted molar refractivity (Wildman–Crippen MR) is 112 cm³/mol. The summed E-state index contributed by atoms with van der Waals surface area (Å²) in [5.74, 6) is 3.34. The molecule has 2 aromatic carbocycles. The van der Waals surface area contributed by atoms with Crippen LogP contribution in [-0.2, 0) is 5.75 Å². The smallest absolute Gasteiger partial charge is 0.229 e. The van der Waals surface area contributed by atoms with E-state index in [1.165, 1.54) is 11.1 Å². The Bertz CT molecular complexity index is 1130. The number of nitrogens with zero attached hydrogens (tertiary/aromatic N) is 5. The zero-order chi connectivity index (χ0) is 19.8. The second-order valence-corrected chi connectivity index (χ2v) is 8.40. The molecule has 6 nitrogen and oxygen atoms in total. The van der Waals surface area contributed by atoms with Gasteiger partial charge in [-0.3, -0.25) is 4.57 Å². The van der Waals surface area contributed by atoms with Gasteiger partial charge < -0.3 is 4.52 Å². The molecule has 5 rings (SSSR count). The molecule has 0 unspecified atom stereocenters. The third-order valence-electron chi connectivity index (χ3n) is 4.98. The summed E-state index contributed by atoms with van der Waals surface area (Å²) >= 11 is 1.57. The molecule has 2 heterocycles. The Labute approximate surface area is 173 Å². The molecular formula is C22H21N5OS. The molecule has 1 aliphatic rings. The number of hydrogen-bond acceptors (Lipinski definition) is 6. The normalized spacial score (nSPS) is 13.7. The van der Waals surface area contributed by atoms with Crippen LogP contribution >= 0.6 is 11.8 Å². The summed E-state index contributed by atoms with van der Waals surface area (Å²) in [6, 6.07) is 16.7. The van der Waals surface area contributed by atoms with Gasteiger partial charge in [-0.25, -0.2) is 0 Å². The van der Waals surface area contributed by atoms with E-state index in [9.17, 15) is 0 Å². The number of aromatic nitrogens is 5. The number of aryl methyl sites for hydroxylation is 2. The second-order valence-electron chi connectivity index (χ2n) is 7.45. The lowest BCUT2D eigenvalue weighted by Gasteiger charge is -2.10. The molecule has 0 atom stereocenters. The molecule has 0 radical (unpaired) electrons. The van der Waals surface area contributed by atoms with Crippen LogP contribution in [0, 0.1) is 13.8 Å². The zero-order valence-electron chi connectivity index (χ0n) is 16.4. The Morgan fingerprint density at radius 2 is 1.66 bits per heavy atom. The molecule has 0 bridgehead atoms. The highest BCUT2D eigenvalue weighted by Gasteiger charge is 2.29. The molecule has 146 valence electrons. The first-order valence-electron chi connectivity index (χ1n) is 9.72. The molecule has 1 aliphatic carbocycles. The number of thioether (sulfide) groups is 1. The van der Waals surface area contributed by atoms with Crippen LogP contribution in [0.4, 0.5) is 0 Å². The fraction of sp³-hybridized carbons (Fsp3) is 0.273. The highest BCUT2D eigenvalue weighted by Crippen LogP contribution is 2.39. The number of hydrogen-bond donors (Lipinski definition) is 0. The maximum atomic E-state index is 5.37. The minimum atomic E-state index is 0.464. The monoisotopic (exact) mass is 403 g/mol. The van der Waals surface area contributed by atoms with Crippen LogP contribution in [0.2, 0.25) is 0 Å². The lowest BCUT2D eigenvalue weighted by atomic mass is 10.1. The lowest BCUT2D eigenvalue weighted by Crippen LogP contribution is -2.00. The Morgan fingerprint density at radius 1 is 0.966 bits per heavy atom. The summed E-state index contributed by atoms with van der Waals surface area (Å²) in [6.45, 7) is 4.16. The van der Waals surface area contributed by atoms with Gasteiger partial charge in [0, 0.05) is 17.2 Å². The molecule has 1 fully saturated rings. The standard InChI is InChI=1S/C22H21N5OS/c1-14-3-7-16(8-4-14)20-24-25-22(27(20)18-11-5-15(2)6-12-18)29-13-19-23-21(28-26-19)17-9-10-17/h3-8,11-12,17H,9-10,13H2,1-2H3. The van der Waals surface area contributed by atoms with Crippen LogP contribution in [0.1, 0.15) is 41.6 Å². The first-order chi connectivity index (χ1) is 14.2. The highest BCUT2D eigenvalue weighted by atomic mass is 32.2. The molecule has 0 spiro atoms. The first kappa shape index (κ1) is 18.1. The fourth-order valence-corrected chi connectivity index (χ4v) is 3.93. The van der Waals surface area contributed by atoms with Crippen molar-refractivity contribution in [3.05, 3.63) is 71.4 Å². The maximum absolute atomic E-state index is 5.37. The van der Waals surface area contributed by atoms with E-state index in [0.29, 0.717) is 17.5 Å². The summed E-state index contributed by atoms with van der Waals surface area (Å²) in [6.07, 6.45) is 2.30. The van der Waals surface area contributed by atoms with Gasteiger partial charge >= 0.3 is 0 Å². The molecule has 2 aromatic heterocycles. The van der Waals surface area contributed by atoms with Gasteiger partial charge in [-0.15, -0.1) is 10.2 Å². The van der Waals surface area contributed by atoms with Crippen LogP contribution in [0.5, 0.6) is 0 Å². The molecule has 29 heavy (non-hydrogen) atoms.